The van der Waals surface area contributed by atoms with E-state index in [2.05, 4.69) is 25.3 Å². The summed E-state index contributed by atoms with van der Waals surface area (Å²) in [5.74, 6) is -1.51. The van der Waals surface area contributed by atoms with Gasteiger partial charge in [-0.1, -0.05) is 5.16 Å². The van der Waals surface area contributed by atoms with Gasteiger partial charge in [-0.15, -0.1) is 11.3 Å². The molecule has 6 nitrogen and oxygen atoms in total. The Morgan fingerprint density at radius 3 is 2.80 bits per heavy atom. The highest BCUT2D eigenvalue weighted by molar-refractivity contribution is 7.15. The summed E-state index contributed by atoms with van der Waals surface area (Å²) in [4.78, 5) is 15.5. The van der Waals surface area contributed by atoms with Crippen LogP contribution in [-0.4, -0.2) is 23.2 Å². The van der Waals surface area contributed by atoms with Gasteiger partial charge in [0.25, 0.3) is 0 Å². The monoisotopic (exact) mass is 306 g/mol. The number of hydrogen-bond donors (Lipinski definition) is 2. The SMILES string of the molecule is CNC(=O)NCc1ccc(-c2noc(C(F)(F)F)n2)s1. The predicted molar refractivity (Wildman–Crippen MR) is 63.9 cm³/mol. The first-order valence-corrected chi connectivity index (χ1v) is 6.17. The molecule has 0 aromatic carbocycles. The number of thiophene rings is 1. The summed E-state index contributed by atoms with van der Waals surface area (Å²) in [7, 11) is 1.48. The van der Waals surface area contributed by atoms with Crippen molar-refractivity contribution in [3.8, 4) is 10.7 Å². The van der Waals surface area contributed by atoms with E-state index >= 15 is 0 Å². The number of nitrogens with one attached hydrogen (secondary N) is 2. The number of hydrogen-bond acceptors (Lipinski definition) is 5. The van der Waals surface area contributed by atoms with Crippen molar-refractivity contribution in [2.75, 3.05) is 7.05 Å². The first-order valence-electron chi connectivity index (χ1n) is 5.35. The summed E-state index contributed by atoms with van der Waals surface area (Å²) in [6.45, 7) is 0.258. The van der Waals surface area contributed by atoms with Gasteiger partial charge in [0, 0.05) is 11.9 Å². The van der Waals surface area contributed by atoms with Gasteiger partial charge in [-0.25, -0.2) is 4.79 Å². The first-order chi connectivity index (χ1) is 9.40. The summed E-state index contributed by atoms with van der Waals surface area (Å²) in [5, 5.41) is 8.22. The smallest absolute Gasteiger partial charge is 0.341 e. The van der Waals surface area contributed by atoms with Crippen molar-refractivity contribution in [2.24, 2.45) is 0 Å². The zero-order valence-corrected chi connectivity index (χ0v) is 10.9. The molecule has 2 aromatic rings. The van der Waals surface area contributed by atoms with Crippen LogP contribution in [0.2, 0.25) is 0 Å². The van der Waals surface area contributed by atoms with E-state index in [-0.39, 0.29) is 18.4 Å². The molecule has 108 valence electrons. The molecule has 10 heteroatoms. The summed E-state index contributed by atoms with van der Waals surface area (Å²) in [6.07, 6.45) is -4.66. The average molecular weight is 306 g/mol. The van der Waals surface area contributed by atoms with Crippen molar-refractivity contribution in [3.05, 3.63) is 22.9 Å². The number of amides is 2. The van der Waals surface area contributed by atoms with Gasteiger partial charge in [-0.3, -0.25) is 0 Å². The topological polar surface area (TPSA) is 80.0 Å². The van der Waals surface area contributed by atoms with Gasteiger partial charge >= 0.3 is 18.1 Å². The molecule has 0 unspecified atom stereocenters. The van der Waals surface area contributed by atoms with Gasteiger partial charge in [0.15, 0.2) is 0 Å². The van der Waals surface area contributed by atoms with E-state index in [4.69, 9.17) is 0 Å². The molecule has 20 heavy (non-hydrogen) atoms. The Labute approximate surface area is 115 Å². The molecule has 0 radical (unpaired) electrons. The number of halogens is 3. The second kappa shape index (κ2) is 5.49. The summed E-state index contributed by atoms with van der Waals surface area (Å²) < 4.78 is 41.1. The largest absolute Gasteiger partial charge is 0.471 e. The van der Waals surface area contributed by atoms with Crippen molar-refractivity contribution in [2.45, 2.75) is 12.7 Å². The van der Waals surface area contributed by atoms with Gasteiger partial charge in [0.2, 0.25) is 5.82 Å². The van der Waals surface area contributed by atoms with Crippen molar-refractivity contribution in [3.63, 3.8) is 0 Å². The number of carbonyl (C=O) groups excluding carboxylic acids is 1. The molecule has 2 heterocycles. The van der Waals surface area contributed by atoms with E-state index in [9.17, 15) is 18.0 Å². The zero-order chi connectivity index (χ0) is 14.8. The van der Waals surface area contributed by atoms with Crippen LogP contribution in [0.1, 0.15) is 10.8 Å². The van der Waals surface area contributed by atoms with Crippen molar-refractivity contribution < 1.29 is 22.5 Å². The van der Waals surface area contributed by atoms with Crippen LogP contribution >= 0.6 is 11.3 Å². The third-order valence-electron chi connectivity index (χ3n) is 2.20. The summed E-state index contributed by atoms with van der Waals surface area (Å²) in [6, 6.07) is 2.88. The fourth-order valence-electron chi connectivity index (χ4n) is 1.29. The molecular weight excluding hydrogens is 297 g/mol. The summed E-state index contributed by atoms with van der Waals surface area (Å²) in [5.41, 5.74) is 0. The van der Waals surface area contributed by atoms with Crippen molar-refractivity contribution in [1.82, 2.24) is 20.8 Å². The Hall–Kier alpha value is -2.10. The van der Waals surface area contributed by atoms with E-state index < -0.39 is 12.1 Å². The molecule has 0 aliphatic rings. The number of alkyl halides is 3. The van der Waals surface area contributed by atoms with Gasteiger partial charge < -0.3 is 15.2 Å². The van der Waals surface area contributed by atoms with E-state index in [0.717, 1.165) is 4.88 Å². The average Bonchev–Trinajstić information content (AvgIpc) is 3.03. The number of urea groups is 1. The molecule has 0 bridgehead atoms. The molecule has 0 aliphatic carbocycles. The number of aromatic nitrogens is 2. The minimum absolute atomic E-state index is 0.131. The van der Waals surface area contributed by atoms with Gasteiger partial charge in [0.1, 0.15) is 0 Å². The van der Waals surface area contributed by atoms with Crippen LogP contribution in [0.15, 0.2) is 16.7 Å². The number of rotatable bonds is 3. The van der Waals surface area contributed by atoms with E-state index in [1.165, 1.54) is 18.4 Å². The van der Waals surface area contributed by atoms with Gasteiger partial charge in [-0.2, -0.15) is 18.2 Å². The third kappa shape index (κ3) is 3.26. The lowest BCUT2D eigenvalue weighted by atomic mass is 10.4. The Bertz CT molecular complexity index is 608. The standard InChI is InChI=1S/C10H9F3N4O2S/c1-14-9(18)15-4-5-2-3-6(20-5)7-16-8(19-17-7)10(11,12)13/h2-3H,4H2,1H3,(H2,14,15,18). The third-order valence-corrected chi connectivity index (χ3v) is 3.28. The Morgan fingerprint density at radius 2 is 2.20 bits per heavy atom. The lowest BCUT2D eigenvalue weighted by molar-refractivity contribution is -0.159. The van der Waals surface area contributed by atoms with Crippen LogP contribution in [0.5, 0.6) is 0 Å². The number of nitrogens with zero attached hydrogens (tertiary/aromatic N) is 2. The Balaban J connectivity index is 2.09. The summed E-state index contributed by atoms with van der Waals surface area (Å²) >= 11 is 1.17. The highest BCUT2D eigenvalue weighted by atomic mass is 32.1. The van der Waals surface area contributed by atoms with Crippen LogP contribution < -0.4 is 10.6 Å². The highest BCUT2D eigenvalue weighted by Gasteiger charge is 2.38. The van der Waals surface area contributed by atoms with Gasteiger partial charge in [-0.05, 0) is 12.1 Å². The molecule has 0 saturated carbocycles. The second-order valence-electron chi connectivity index (χ2n) is 3.62. The lowest BCUT2D eigenvalue weighted by Crippen LogP contribution is -2.31. The second-order valence-corrected chi connectivity index (χ2v) is 4.79. The Morgan fingerprint density at radius 1 is 1.45 bits per heavy atom. The van der Waals surface area contributed by atoms with E-state index in [0.29, 0.717) is 4.88 Å². The maximum Gasteiger partial charge on any atom is 0.471 e. The first kappa shape index (κ1) is 14.3. The fourth-order valence-corrected chi connectivity index (χ4v) is 2.16. The highest BCUT2D eigenvalue weighted by Crippen LogP contribution is 2.31. The molecule has 0 fully saturated rings. The van der Waals surface area contributed by atoms with Crippen LogP contribution in [0.25, 0.3) is 10.7 Å². The Kier molecular flexibility index (Phi) is 3.93. The molecule has 0 saturated heterocycles. The molecule has 0 aliphatic heterocycles. The van der Waals surface area contributed by atoms with Crippen molar-refractivity contribution >= 4 is 17.4 Å². The van der Waals surface area contributed by atoms with Crippen LogP contribution in [0, 0.1) is 0 Å². The maximum atomic E-state index is 12.3. The molecule has 0 spiro atoms. The van der Waals surface area contributed by atoms with Gasteiger partial charge in [0.05, 0.1) is 11.4 Å². The molecule has 2 N–H and O–H groups in total. The molecule has 0 atom stereocenters. The molecule has 2 amide bonds. The molecule has 2 aromatic heterocycles. The van der Waals surface area contributed by atoms with E-state index in [1.54, 1.807) is 12.1 Å². The maximum absolute atomic E-state index is 12.3. The molecular formula is C10H9F3N4O2S. The lowest BCUT2D eigenvalue weighted by Gasteiger charge is -2.00. The zero-order valence-electron chi connectivity index (χ0n) is 10.1. The fraction of sp³-hybridized carbons (Fsp3) is 0.300. The predicted octanol–water partition coefficient (Wildman–Crippen LogP) is 2.25. The van der Waals surface area contributed by atoms with Crippen LogP contribution in [-0.2, 0) is 12.7 Å². The van der Waals surface area contributed by atoms with Crippen LogP contribution in [0.3, 0.4) is 0 Å². The molecule has 2 rings (SSSR count). The normalized spacial score (nSPS) is 11.4. The van der Waals surface area contributed by atoms with Crippen LogP contribution in [0.4, 0.5) is 18.0 Å². The minimum atomic E-state index is -4.66. The minimum Gasteiger partial charge on any atom is -0.341 e. The van der Waals surface area contributed by atoms with Crippen molar-refractivity contribution in [1.29, 1.82) is 0 Å². The quantitative estimate of drug-likeness (QED) is 0.911. The number of carbonyl (C=O) groups is 1. The van der Waals surface area contributed by atoms with E-state index in [1.807, 2.05) is 0 Å².